The summed E-state index contributed by atoms with van der Waals surface area (Å²) >= 11 is 0. The van der Waals surface area contributed by atoms with E-state index in [4.69, 9.17) is 9.63 Å². The molecule has 1 heterocycles. The van der Waals surface area contributed by atoms with Crippen LogP contribution in [-0.4, -0.2) is 39.1 Å². The lowest BCUT2D eigenvalue weighted by Gasteiger charge is -2.30. The van der Waals surface area contributed by atoms with E-state index >= 15 is 0 Å². The molecule has 3 N–H and O–H groups in total. The zero-order valence-electron chi connectivity index (χ0n) is 15.9. The Hall–Kier alpha value is -2.45. The molecular formula is C18H28N4O5. The number of aromatic nitrogens is 2. The van der Waals surface area contributed by atoms with Crippen molar-refractivity contribution in [1.82, 2.24) is 20.8 Å². The highest BCUT2D eigenvalue weighted by Gasteiger charge is 2.38. The summed E-state index contributed by atoms with van der Waals surface area (Å²) in [6, 6.07) is -0.898. The number of rotatable bonds is 8. The van der Waals surface area contributed by atoms with Crippen LogP contribution >= 0.6 is 0 Å². The highest BCUT2D eigenvalue weighted by atomic mass is 16.5. The number of hydrogen-bond acceptors (Lipinski definition) is 6. The van der Waals surface area contributed by atoms with Crippen molar-refractivity contribution >= 4 is 17.8 Å². The molecule has 0 saturated heterocycles. The number of nitrogens with one attached hydrogen (secondary N) is 2. The number of carbonyl (C=O) groups excluding carboxylic acids is 2. The Bertz CT molecular complexity index is 664. The molecule has 2 rings (SSSR count). The van der Waals surface area contributed by atoms with Gasteiger partial charge in [0.15, 0.2) is 5.82 Å². The highest BCUT2D eigenvalue weighted by Crippen LogP contribution is 2.34. The van der Waals surface area contributed by atoms with Crippen molar-refractivity contribution in [2.24, 2.45) is 0 Å². The van der Waals surface area contributed by atoms with E-state index in [0.29, 0.717) is 18.1 Å². The van der Waals surface area contributed by atoms with Crippen molar-refractivity contribution in [3.05, 3.63) is 11.7 Å². The van der Waals surface area contributed by atoms with Crippen LogP contribution in [0.15, 0.2) is 4.52 Å². The van der Waals surface area contributed by atoms with Gasteiger partial charge in [-0.3, -0.25) is 9.59 Å². The third-order valence-electron chi connectivity index (χ3n) is 4.88. The smallest absolute Gasteiger partial charge is 0.326 e. The van der Waals surface area contributed by atoms with Crippen LogP contribution in [-0.2, 0) is 26.3 Å². The lowest BCUT2D eigenvalue weighted by molar-refractivity contribution is -0.141. The standard InChI is InChI=1S/C18H28N4O5/c1-3-13(16(25)26)19-14(24)8-9-15-20-17(22-27-15)18(21-12(2)23)10-6-4-5-7-11-18/h13H,3-11H2,1-2H3,(H,19,24)(H,21,23)(H,25,26). The van der Waals surface area contributed by atoms with E-state index < -0.39 is 17.6 Å². The molecule has 0 bridgehead atoms. The van der Waals surface area contributed by atoms with Gasteiger partial charge in [0, 0.05) is 19.8 Å². The van der Waals surface area contributed by atoms with Gasteiger partial charge in [-0.05, 0) is 19.3 Å². The van der Waals surface area contributed by atoms with Crippen molar-refractivity contribution in [3.8, 4) is 0 Å². The average Bonchev–Trinajstić information content (AvgIpc) is 2.98. The zero-order chi connectivity index (χ0) is 19.9. The topological polar surface area (TPSA) is 134 Å². The van der Waals surface area contributed by atoms with Crippen LogP contribution in [0.5, 0.6) is 0 Å². The van der Waals surface area contributed by atoms with E-state index in [9.17, 15) is 14.4 Å². The number of carbonyl (C=O) groups is 3. The van der Waals surface area contributed by atoms with E-state index in [1.807, 2.05) is 0 Å². The maximum Gasteiger partial charge on any atom is 0.326 e. The van der Waals surface area contributed by atoms with Crippen molar-refractivity contribution in [3.63, 3.8) is 0 Å². The predicted molar refractivity (Wildman–Crippen MR) is 95.7 cm³/mol. The first-order valence-corrected chi connectivity index (χ1v) is 9.50. The highest BCUT2D eigenvalue weighted by molar-refractivity contribution is 5.83. The molecular weight excluding hydrogens is 352 g/mol. The molecule has 150 valence electrons. The van der Waals surface area contributed by atoms with Gasteiger partial charge in [0.2, 0.25) is 17.7 Å². The summed E-state index contributed by atoms with van der Waals surface area (Å²) in [6.45, 7) is 3.17. The second-order valence-electron chi connectivity index (χ2n) is 7.06. The minimum absolute atomic E-state index is 0.0541. The fourth-order valence-electron chi connectivity index (χ4n) is 3.45. The Balaban J connectivity index is 2.02. The Labute approximate surface area is 158 Å². The van der Waals surface area contributed by atoms with Crippen molar-refractivity contribution in [2.45, 2.75) is 83.2 Å². The molecule has 9 heteroatoms. The molecule has 1 atom stereocenters. The molecule has 0 spiro atoms. The Kier molecular flexibility index (Phi) is 7.32. The van der Waals surface area contributed by atoms with Crippen molar-refractivity contribution in [2.75, 3.05) is 0 Å². The molecule has 0 aromatic carbocycles. The lowest BCUT2D eigenvalue weighted by Crippen LogP contribution is -2.45. The van der Waals surface area contributed by atoms with Crippen LogP contribution < -0.4 is 10.6 Å². The Morgan fingerprint density at radius 1 is 1.22 bits per heavy atom. The molecule has 1 saturated carbocycles. The normalized spacial score (nSPS) is 17.6. The molecule has 1 aliphatic rings. The molecule has 2 amide bonds. The van der Waals surface area contributed by atoms with Crippen LogP contribution in [0.3, 0.4) is 0 Å². The summed E-state index contributed by atoms with van der Waals surface area (Å²) in [6.07, 6.45) is 6.24. The molecule has 27 heavy (non-hydrogen) atoms. The molecule has 0 radical (unpaired) electrons. The van der Waals surface area contributed by atoms with Gasteiger partial charge in [0.25, 0.3) is 0 Å². The second kappa shape index (κ2) is 9.48. The number of aryl methyl sites for hydroxylation is 1. The third kappa shape index (κ3) is 5.77. The first-order chi connectivity index (χ1) is 12.9. The van der Waals surface area contributed by atoms with Crippen LogP contribution in [0.2, 0.25) is 0 Å². The molecule has 1 aromatic heterocycles. The summed E-state index contributed by atoms with van der Waals surface area (Å²) in [7, 11) is 0. The number of carboxylic acids is 1. The number of nitrogens with zero attached hydrogens (tertiary/aromatic N) is 2. The summed E-state index contributed by atoms with van der Waals surface area (Å²) in [5, 5.41) is 18.5. The van der Waals surface area contributed by atoms with Gasteiger partial charge in [-0.2, -0.15) is 4.98 Å². The van der Waals surface area contributed by atoms with Gasteiger partial charge in [0.1, 0.15) is 11.6 Å². The Morgan fingerprint density at radius 3 is 2.44 bits per heavy atom. The SMILES string of the molecule is CCC(NC(=O)CCc1nc(C2(NC(C)=O)CCCCCC2)no1)C(=O)O. The first-order valence-electron chi connectivity index (χ1n) is 9.50. The fraction of sp³-hybridized carbons (Fsp3) is 0.722. The second-order valence-corrected chi connectivity index (χ2v) is 7.06. The monoisotopic (exact) mass is 380 g/mol. The maximum atomic E-state index is 11.9. The first kappa shape index (κ1) is 20.9. The maximum absolute atomic E-state index is 11.9. The molecule has 1 fully saturated rings. The van der Waals surface area contributed by atoms with E-state index in [0.717, 1.165) is 38.5 Å². The minimum Gasteiger partial charge on any atom is -0.480 e. The van der Waals surface area contributed by atoms with Gasteiger partial charge >= 0.3 is 5.97 Å². The van der Waals surface area contributed by atoms with Crippen LogP contribution in [0.1, 0.15) is 76.9 Å². The fourth-order valence-corrected chi connectivity index (χ4v) is 3.45. The van der Waals surface area contributed by atoms with Crippen LogP contribution in [0.4, 0.5) is 0 Å². The largest absolute Gasteiger partial charge is 0.480 e. The van der Waals surface area contributed by atoms with E-state index in [2.05, 4.69) is 20.8 Å². The van der Waals surface area contributed by atoms with E-state index in [-0.39, 0.29) is 24.7 Å². The molecule has 1 aromatic rings. The zero-order valence-corrected chi connectivity index (χ0v) is 15.9. The summed E-state index contributed by atoms with van der Waals surface area (Å²) in [5.41, 5.74) is -0.622. The number of aliphatic carboxylic acids is 1. The summed E-state index contributed by atoms with van der Waals surface area (Å²) < 4.78 is 5.29. The number of amides is 2. The van der Waals surface area contributed by atoms with Gasteiger partial charge in [0.05, 0.1) is 0 Å². The van der Waals surface area contributed by atoms with Crippen molar-refractivity contribution in [1.29, 1.82) is 0 Å². The van der Waals surface area contributed by atoms with Gasteiger partial charge < -0.3 is 20.3 Å². The van der Waals surface area contributed by atoms with Crippen LogP contribution in [0, 0.1) is 0 Å². The van der Waals surface area contributed by atoms with Crippen LogP contribution in [0.25, 0.3) is 0 Å². The molecule has 1 aliphatic carbocycles. The predicted octanol–water partition coefficient (Wildman–Crippen LogP) is 1.67. The van der Waals surface area contributed by atoms with Crippen molar-refractivity contribution < 1.29 is 24.0 Å². The quantitative estimate of drug-likeness (QED) is 0.584. The third-order valence-corrected chi connectivity index (χ3v) is 4.88. The summed E-state index contributed by atoms with van der Waals surface area (Å²) in [5.74, 6) is -0.821. The average molecular weight is 380 g/mol. The number of carboxylic acid groups (broad SMARTS) is 1. The van der Waals surface area contributed by atoms with Gasteiger partial charge in [-0.15, -0.1) is 0 Å². The van der Waals surface area contributed by atoms with E-state index in [1.165, 1.54) is 6.92 Å². The van der Waals surface area contributed by atoms with E-state index in [1.54, 1.807) is 6.92 Å². The van der Waals surface area contributed by atoms with Gasteiger partial charge in [-0.25, -0.2) is 4.79 Å². The number of hydrogen-bond donors (Lipinski definition) is 3. The Morgan fingerprint density at radius 2 is 1.89 bits per heavy atom. The molecule has 9 nitrogen and oxygen atoms in total. The molecule has 0 aliphatic heterocycles. The lowest BCUT2D eigenvalue weighted by atomic mass is 9.89. The van der Waals surface area contributed by atoms with Gasteiger partial charge in [-0.1, -0.05) is 37.8 Å². The summed E-state index contributed by atoms with van der Waals surface area (Å²) in [4.78, 5) is 39.0. The molecule has 1 unspecified atom stereocenters. The minimum atomic E-state index is -1.06.